The summed E-state index contributed by atoms with van der Waals surface area (Å²) in [6, 6.07) is 30.6. The molecule has 1 aromatic carbocycles. The van der Waals surface area contributed by atoms with Crippen molar-refractivity contribution in [2.75, 3.05) is 0 Å². The first-order valence-electron chi connectivity index (χ1n) is 11.6. The molecule has 0 bridgehead atoms. The van der Waals surface area contributed by atoms with Gasteiger partial charge in [-0.1, -0.05) is 12.1 Å². The number of rotatable bonds is 5. The smallest absolute Gasteiger partial charge is 0.0900 e. The van der Waals surface area contributed by atoms with E-state index in [9.17, 15) is 0 Å². The van der Waals surface area contributed by atoms with Gasteiger partial charge in [0.25, 0.3) is 0 Å². The SMILES string of the molecule is c1ccc(-c2cc(-c3cc(-c4ccncc4)cc(-c4ccncc4)c3)cc(-c3ccccn3)n2)nc1. The molecule has 0 saturated heterocycles. The van der Waals surface area contributed by atoms with Crippen molar-refractivity contribution in [2.24, 2.45) is 0 Å². The summed E-state index contributed by atoms with van der Waals surface area (Å²) in [6.07, 6.45) is 10.8. The summed E-state index contributed by atoms with van der Waals surface area (Å²) >= 11 is 0. The lowest BCUT2D eigenvalue weighted by Gasteiger charge is -2.13. The van der Waals surface area contributed by atoms with Crippen LogP contribution in [0.4, 0.5) is 0 Å². The van der Waals surface area contributed by atoms with E-state index in [-0.39, 0.29) is 0 Å². The van der Waals surface area contributed by atoms with Gasteiger partial charge in [0.1, 0.15) is 0 Å². The molecule has 0 N–H and O–H groups in total. The molecule has 0 saturated carbocycles. The average molecular weight is 464 g/mol. The molecule has 6 rings (SSSR count). The van der Waals surface area contributed by atoms with Crippen LogP contribution >= 0.6 is 0 Å². The van der Waals surface area contributed by atoms with E-state index in [1.807, 2.05) is 85.5 Å². The second-order valence-electron chi connectivity index (χ2n) is 8.33. The van der Waals surface area contributed by atoms with Crippen molar-refractivity contribution in [2.45, 2.75) is 0 Å². The third-order valence-electron chi connectivity index (χ3n) is 5.97. The van der Waals surface area contributed by atoms with Crippen LogP contribution in [0.1, 0.15) is 0 Å². The van der Waals surface area contributed by atoms with Crippen LogP contribution in [0.2, 0.25) is 0 Å². The zero-order chi connectivity index (χ0) is 24.2. The van der Waals surface area contributed by atoms with Gasteiger partial charge in [-0.15, -0.1) is 0 Å². The minimum atomic E-state index is 0.800. The molecule has 5 aromatic heterocycles. The van der Waals surface area contributed by atoms with Crippen LogP contribution in [0, 0.1) is 0 Å². The van der Waals surface area contributed by atoms with Gasteiger partial charge < -0.3 is 0 Å². The van der Waals surface area contributed by atoms with Crippen LogP contribution in [-0.4, -0.2) is 24.9 Å². The maximum Gasteiger partial charge on any atom is 0.0900 e. The Bertz CT molecular complexity index is 1360. The van der Waals surface area contributed by atoms with Crippen molar-refractivity contribution in [3.8, 4) is 56.2 Å². The third-order valence-corrected chi connectivity index (χ3v) is 5.97. The quantitative estimate of drug-likeness (QED) is 0.275. The van der Waals surface area contributed by atoms with Crippen LogP contribution in [0.3, 0.4) is 0 Å². The Morgan fingerprint density at radius 3 is 1.17 bits per heavy atom. The topological polar surface area (TPSA) is 64.5 Å². The van der Waals surface area contributed by atoms with E-state index < -0.39 is 0 Å². The van der Waals surface area contributed by atoms with Gasteiger partial charge in [-0.25, -0.2) is 4.98 Å². The highest BCUT2D eigenvalue weighted by atomic mass is 14.8. The molecule has 5 nitrogen and oxygen atoms in total. The normalized spacial score (nSPS) is 10.8. The summed E-state index contributed by atoms with van der Waals surface area (Å²) in [5.41, 5.74) is 9.77. The second-order valence-corrected chi connectivity index (χ2v) is 8.33. The zero-order valence-corrected chi connectivity index (χ0v) is 19.4. The Balaban J connectivity index is 1.58. The van der Waals surface area contributed by atoms with Crippen LogP contribution in [0.5, 0.6) is 0 Å². The lowest BCUT2D eigenvalue weighted by atomic mass is 9.93. The Morgan fingerprint density at radius 2 is 0.750 bits per heavy atom. The van der Waals surface area contributed by atoms with Crippen molar-refractivity contribution in [1.29, 1.82) is 0 Å². The second kappa shape index (κ2) is 9.68. The highest BCUT2D eigenvalue weighted by Gasteiger charge is 2.13. The standard InChI is InChI=1S/C31H21N5/c1-3-11-34-28(5-1)30-20-27(21-31(36-30)29-6-2-4-12-35-29)26-18-24(22-7-13-32-14-8-22)17-25(19-26)23-9-15-33-16-10-23/h1-21H. The van der Waals surface area contributed by atoms with Gasteiger partial charge >= 0.3 is 0 Å². The molecule has 6 aromatic rings. The number of benzene rings is 1. The maximum absolute atomic E-state index is 4.92. The summed E-state index contributed by atoms with van der Waals surface area (Å²) in [6.45, 7) is 0. The van der Waals surface area contributed by atoms with Crippen LogP contribution in [-0.2, 0) is 0 Å². The summed E-state index contributed by atoms with van der Waals surface area (Å²) in [5.74, 6) is 0. The van der Waals surface area contributed by atoms with Crippen LogP contribution in [0.25, 0.3) is 56.2 Å². The van der Waals surface area contributed by atoms with Gasteiger partial charge in [0.15, 0.2) is 0 Å². The Hall–Kier alpha value is -5.03. The van der Waals surface area contributed by atoms with E-state index in [2.05, 4.69) is 50.3 Å². The first kappa shape index (κ1) is 21.5. The zero-order valence-electron chi connectivity index (χ0n) is 19.4. The fourth-order valence-corrected chi connectivity index (χ4v) is 4.20. The molecule has 0 aliphatic carbocycles. The molecule has 0 fully saturated rings. The molecule has 0 spiro atoms. The van der Waals surface area contributed by atoms with E-state index in [0.29, 0.717) is 0 Å². The highest BCUT2D eigenvalue weighted by Crippen LogP contribution is 2.35. The van der Waals surface area contributed by atoms with Crippen LogP contribution < -0.4 is 0 Å². The van der Waals surface area contributed by atoms with Gasteiger partial charge in [-0.2, -0.15) is 0 Å². The van der Waals surface area contributed by atoms with Gasteiger partial charge in [0, 0.05) is 37.2 Å². The number of hydrogen-bond acceptors (Lipinski definition) is 5. The molecule has 0 radical (unpaired) electrons. The highest BCUT2D eigenvalue weighted by molar-refractivity contribution is 5.83. The third kappa shape index (κ3) is 4.50. The Labute approximate surface area is 209 Å². The number of pyridine rings is 5. The predicted molar refractivity (Wildman–Crippen MR) is 143 cm³/mol. The fourth-order valence-electron chi connectivity index (χ4n) is 4.20. The van der Waals surface area contributed by atoms with E-state index >= 15 is 0 Å². The first-order chi connectivity index (χ1) is 17.8. The predicted octanol–water partition coefficient (Wildman–Crippen LogP) is 7.00. The molecule has 5 heteroatoms. The van der Waals surface area contributed by atoms with Gasteiger partial charge in [0.2, 0.25) is 0 Å². The van der Waals surface area contributed by atoms with Crippen molar-refractivity contribution in [3.05, 3.63) is 128 Å². The molecule has 0 amide bonds. The summed E-state index contributed by atoms with van der Waals surface area (Å²) in [7, 11) is 0. The molecular weight excluding hydrogens is 442 g/mol. The molecule has 0 unspecified atom stereocenters. The summed E-state index contributed by atoms with van der Waals surface area (Å²) in [5, 5.41) is 0. The number of aromatic nitrogens is 5. The van der Waals surface area contributed by atoms with Crippen LogP contribution in [0.15, 0.2) is 128 Å². The minimum Gasteiger partial charge on any atom is -0.265 e. The van der Waals surface area contributed by atoms with Gasteiger partial charge in [-0.3, -0.25) is 19.9 Å². The Kier molecular flexibility index (Phi) is 5.78. The number of hydrogen-bond donors (Lipinski definition) is 0. The lowest BCUT2D eigenvalue weighted by Crippen LogP contribution is -1.94. The molecular formula is C31H21N5. The van der Waals surface area contributed by atoms with Crippen molar-refractivity contribution >= 4 is 0 Å². The van der Waals surface area contributed by atoms with Gasteiger partial charge in [0.05, 0.1) is 22.8 Å². The maximum atomic E-state index is 4.92. The van der Waals surface area contributed by atoms with Crippen molar-refractivity contribution < 1.29 is 0 Å². The minimum absolute atomic E-state index is 0.800. The summed E-state index contributed by atoms with van der Waals surface area (Å²) in [4.78, 5) is 22.4. The molecule has 170 valence electrons. The molecule has 36 heavy (non-hydrogen) atoms. The van der Waals surface area contributed by atoms with E-state index in [1.54, 1.807) is 12.4 Å². The molecule has 0 atom stereocenters. The molecule has 5 heterocycles. The fraction of sp³-hybridized carbons (Fsp3) is 0. The lowest BCUT2D eigenvalue weighted by molar-refractivity contribution is 1.22. The largest absolute Gasteiger partial charge is 0.265 e. The van der Waals surface area contributed by atoms with Crippen molar-refractivity contribution in [1.82, 2.24) is 24.9 Å². The number of nitrogens with zero attached hydrogens (tertiary/aromatic N) is 5. The van der Waals surface area contributed by atoms with Crippen molar-refractivity contribution in [3.63, 3.8) is 0 Å². The monoisotopic (exact) mass is 463 g/mol. The Morgan fingerprint density at radius 1 is 0.333 bits per heavy atom. The first-order valence-corrected chi connectivity index (χ1v) is 11.6. The summed E-state index contributed by atoms with van der Waals surface area (Å²) < 4.78 is 0. The van der Waals surface area contributed by atoms with E-state index in [4.69, 9.17) is 4.98 Å². The molecule has 0 aliphatic heterocycles. The molecule has 0 aliphatic rings. The van der Waals surface area contributed by atoms with E-state index in [1.165, 1.54) is 0 Å². The van der Waals surface area contributed by atoms with Gasteiger partial charge in [-0.05, 0) is 112 Å². The van der Waals surface area contributed by atoms with E-state index in [0.717, 1.165) is 56.2 Å². The average Bonchev–Trinajstić information content (AvgIpc) is 2.98.